The van der Waals surface area contributed by atoms with E-state index in [4.69, 9.17) is 9.15 Å². The fraction of sp³-hybridized carbons (Fsp3) is 0.211. The molecule has 2 aromatic heterocycles. The zero-order valence-corrected chi connectivity index (χ0v) is 15.2. The van der Waals surface area contributed by atoms with Crippen LogP contribution < -0.4 is 24.9 Å². The maximum absolute atomic E-state index is 12.3. The van der Waals surface area contributed by atoms with Crippen molar-refractivity contribution in [2.45, 2.75) is 13.1 Å². The molecule has 0 saturated carbocycles. The third-order valence-corrected chi connectivity index (χ3v) is 5.09. The van der Waals surface area contributed by atoms with Crippen molar-refractivity contribution in [3.8, 4) is 5.75 Å². The van der Waals surface area contributed by atoms with Crippen LogP contribution in [0, 0.1) is 0 Å². The Morgan fingerprint density at radius 2 is 2.19 bits per heavy atom. The lowest BCUT2D eigenvalue weighted by atomic mass is 10.2. The van der Waals surface area contributed by atoms with Crippen molar-refractivity contribution in [1.82, 2.24) is 9.88 Å². The molecule has 8 heteroatoms. The molecule has 1 aliphatic rings. The number of ether oxygens (including phenoxy) is 1. The highest BCUT2D eigenvalue weighted by atomic mass is 32.1. The first-order valence-corrected chi connectivity index (χ1v) is 9.28. The summed E-state index contributed by atoms with van der Waals surface area (Å²) in [4.78, 5) is 29.1. The van der Waals surface area contributed by atoms with Gasteiger partial charge in [-0.2, -0.15) is 0 Å². The summed E-state index contributed by atoms with van der Waals surface area (Å²) in [5, 5.41) is 2.72. The second-order valence-electron chi connectivity index (χ2n) is 5.95. The molecule has 1 amide bonds. The lowest BCUT2D eigenvalue weighted by Gasteiger charge is -2.06. The van der Waals surface area contributed by atoms with Gasteiger partial charge in [-0.1, -0.05) is 23.5 Å². The van der Waals surface area contributed by atoms with Crippen molar-refractivity contribution in [2.24, 2.45) is 4.99 Å². The van der Waals surface area contributed by atoms with Gasteiger partial charge in [0.25, 0.3) is 11.5 Å². The molecule has 4 rings (SSSR count). The summed E-state index contributed by atoms with van der Waals surface area (Å²) in [7, 11) is 0. The number of nitrogens with zero attached hydrogens (tertiary/aromatic N) is 2. The molecule has 0 radical (unpaired) electrons. The Morgan fingerprint density at radius 3 is 2.93 bits per heavy atom. The standard InChI is InChI=1S/C19H17N3O4S/c23-17(21-11-15-2-1-9-25-15)12-26-14-5-3-13(4-6-14)10-16-18(24)22-8-7-20-19(22)27-16/h1-6,9-10H,7-8,11-12H2,(H,21,23)/b16-10+. The van der Waals surface area contributed by atoms with Gasteiger partial charge < -0.3 is 14.5 Å². The van der Waals surface area contributed by atoms with Gasteiger partial charge in [0.05, 0.1) is 23.9 Å². The van der Waals surface area contributed by atoms with Crippen LogP contribution in [0.25, 0.3) is 6.08 Å². The van der Waals surface area contributed by atoms with Crippen molar-refractivity contribution < 1.29 is 13.9 Å². The second-order valence-corrected chi connectivity index (χ2v) is 6.95. The van der Waals surface area contributed by atoms with Crippen LogP contribution in [0.1, 0.15) is 11.3 Å². The molecule has 3 aromatic rings. The topological polar surface area (TPSA) is 85.8 Å². The number of hydrogen-bond acceptors (Lipinski definition) is 6. The van der Waals surface area contributed by atoms with Crippen molar-refractivity contribution >= 4 is 23.3 Å². The van der Waals surface area contributed by atoms with E-state index >= 15 is 0 Å². The maximum atomic E-state index is 12.3. The molecule has 1 aromatic carbocycles. The van der Waals surface area contributed by atoms with E-state index in [1.54, 1.807) is 35.1 Å². The highest BCUT2D eigenvalue weighted by Gasteiger charge is 2.09. The van der Waals surface area contributed by atoms with Crippen molar-refractivity contribution in [3.05, 3.63) is 73.7 Å². The molecule has 3 heterocycles. The van der Waals surface area contributed by atoms with Crippen LogP contribution in [0.5, 0.6) is 5.75 Å². The Labute approximate surface area is 158 Å². The first kappa shape index (κ1) is 17.3. The number of hydrogen-bond donors (Lipinski definition) is 1. The van der Waals surface area contributed by atoms with Crippen LogP contribution in [-0.2, 0) is 17.9 Å². The SMILES string of the molecule is O=C(COc1ccc(/C=c2/sc3n(c2=O)CCN=3)cc1)NCc1ccco1. The minimum atomic E-state index is -0.230. The number of benzene rings is 1. The van der Waals surface area contributed by atoms with E-state index in [0.29, 0.717) is 35.7 Å². The summed E-state index contributed by atoms with van der Waals surface area (Å²) in [6, 6.07) is 10.8. The summed E-state index contributed by atoms with van der Waals surface area (Å²) >= 11 is 1.40. The number of thiazole rings is 1. The smallest absolute Gasteiger partial charge is 0.270 e. The molecule has 0 fully saturated rings. The quantitative estimate of drug-likeness (QED) is 0.678. The minimum Gasteiger partial charge on any atom is -0.484 e. The monoisotopic (exact) mass is 383 g/mol. The second kappa shape index (κ2) is 7.63. The molecule has 27 heavy (non-hydrogen) atoms. The fourth-order valence-corrected chi connectivity index (χ4v) is 3.71. The van der Waals surface area contributed by atoms with Crippen molar-refractivity contribution in [3.63, 3.8) is 0 Å². The van der Waals surface area contributed by atoms with Gasteiger partial charge in [-0.25, -0.2) is 0 Å². The number of carbonyl (C=O) groups is 1. The third-order valence-electron chi connectivity index (χ3n) is 4.05. The molecule has 138 valence electrons. The zero-order chi connectivity index (χ0) is 18.6. The van der Waals surface area contributed by atoms with E-state index in [1.165, 1.54) is 11.3 Å². The Kier molecular flexibility index (Phi) is 4.88. The Hall–Kier alpha value is -3.13. The Morgan fingerprint density at radius 1 is 1.33 bits per heavy atom. The number of fused-ring (bicyclic) bond motifs is 1. The van der Waals surface area contributed by atoms with Crippen molar-refractivity contribution in [2.75, 3.05) is 13.2 Å². The van der Waals surface area contributed by atoms with Crippen LogP contribution in [0.15, 0.2) is 56.9 Å². The van der Waals surface area contributed by atoms with E-state index in [0.717, 1.165) is 10.4 Å². The molecule has 0 atom stereocenters. The lowest BCUT2D eigenvalue weighted by Crippen LogP contribution is -2.29. The number of amides is 1. The fourth-order valence-electron chi connectivity index (χ4n) is 2.68. The number of aromatic nitrogens is 1. The first-order valence-electron chi connectivity index (χ1n) is 8.47. The normalized spacial score (nSPS) is 13.3. The first-order chi connectivity index (χ1) is 13.2. The van der Waals surface area contributed by atoms with Gasteiger partial charge in [0, 0.05) is 6.54 Å². The Balaban J connectivity index is 1.36. The highest BCUT2D eigenvalue weighted by molar-refractivity contribution is 7.07. The molecule has 1 N–H and O–H groups in total. The van der Waals surface area contributed by atoms with Gasteiger partial charge in [-0.05, 0) is 35.9 Å². The molecular weight excluding hydrogens is 366 g/mol. The predicted octanol–water partition coefficient (Wildman–Crippen LogP) is 0.660. The van der Waals surface area contributed by atoms with Gasteiger partial charge >= 0.3 is 0 Å². The molecule has 0 saturated heterocycles. The number of carbonyl (C=O) groups excluding carboxylic acids is 1. The van der Waals surface area contributed by atoms with Crippen LogP contribution >= 0.6 is 11.3 Å². The molecule has 0 unspecified atom stereocenters. The average Bonchev–Trinajstić information content (AvgIpc) is 3.40. The molecule has 0 bridgehead atoms. The van der Waals surface area contributed by atoms with Gasteiger partial charge in [-0.15, -0.1) is 0 Å². The van der Waals surface area contributed by atoms with E-state index in [1.807, 2.05) is 18.2 Å². The molecular formula is C19H17N3O4S. The predicted molar refractivity (Wildman–Crippen MR) is 100 cm³/mol. The average molecular weight is 383 g/mol. The van der Waals surface area contributed by atoms with E-state index in [2.05, 4.69) is 10.3 Å². The van der Waals surface area contributed by atoms with Gasteiger partial charge in [0.2, 0.25) is 0 Å². The van der Waals surface area contributed by atoms with Gasteiger partial charge in [0.15, 0.2) is 11.4 Å². The summed E-state index contributed by atoms with van der Waals surface area (Å²) in [5.74, 6) is 1.04. The van der Waals surface area contributed by atoms with E-state index in [9.17, 15) is 9.59 Å². The zero-order valence-electron chi connectivity index (χ0n) is 14.4. The van der Waals surface area contributed by atoms with Crippen LogP contribution in [0.2, 0.25) is 0 Å². The van der Waals surface area contributed by atoms with Crippen LogP contribution in [-0.4, -0.2) is 23.6 Å². The molecule has 1 aliphatic heterocycles. The van der Waals surface area contributed by atoms with Gasteiger partial charge in [0.1, 0.15) is 11.5 Å². The van der Waals surface area contributed by atoms with Crippen LogP contribution in [0.4, 0.5) is 0 Å². The van der Waals surface area contributed by atoms with Crippen LogP contribution in [0.3, 0.4) is 0 Å². The number of rotatable bonds is 6. The summed E-state index contributed by atoms with van der Waals surface area (Å²) in [6.45, 7) is 1.59. The largest absolute Gasteiger partial charge is 0.484 e. The molecule has 7 nitrogen and oxygen atoms in total. The molecule has 0 aliphatic carbocycles. The van der Waals surface area contributed by atoms with E-state index in [-0.39, 0.29) is 18.1 Å². The van der Waals surface area contributed by atoms with Gasteiger partial charge in [-0.3, -0.25) is 19.1 Å². The summed E-state index contributed by atoms with van der Waals surface area (Å²) in [5.41, 5.74) is 0.895. The molecule has 0 spiro atoms. The number of nitrogens with one attached hydrogen (secondary N) is 1. The number of furan rings is 1. The van der Waals surface area contributed by atoms with Crippen molar-refractivity contribution in [1.29, 1.82) is 0 Å². The maximum Gasteiger partial charge on any atom is 0.270 e. The van der Waals surface area contributed by atoms with E-state index < -0.39 is 0 Å². The minimum absolute atomic E-state index is 0.00445. The third kappa shape index (κ3) is 4.01. The summed E-state index contributed by atoms with van der Waals surface area (Å²) in [6.07, 6.45) is 3.40. The highest BCUT2D eigenvalue weighted by Crippen LogP contribution is 2.12. The Bertz CT molecular complexity index is 1110. The lowest BCUT2D eigenvalue weighted by molar-refractivity contribution is -0.123. The summed E-state index contributed by atoms with van der Waals surface area (Å²) < 4.78 is 13.0.